The first kappa shape index (κ1) is 10.6. The maximum atomic E-state index is 13.4. The number of halogens is 2. The Morgan fingerprint density at radius 1 is 1.33 bits per heavy atom. The molecule has 1 fully saturated rings. The quantitative estimate of drug-likeness (QED) is 0.843. The van der Waals surface area contributed by atoms with Crippen LogP contribution in [0.5, 0.6) is 11.5 Å². The molecule has 1 aliphatic carbocycles. The smallest absolute Gasteiger partial charge is 0.174 e. The van der Waals surface area contributed by atoms with Gasteiger partial charge in [-0.1, -0.05) is 11.6 Å². The second-order valence-electron chi connectivity index (χ2n) is 3.76. The third kappa shape index (κ3) is 2.34. The van der Waals surface area contributed by atoms with Gasteiger partial charge in [0.1, 0.15) is 5.75 Å². The number of aromatic hydroxyl groups is 1. The minimum Gasteiger partial charge on any atom is -0.508 e. The summed E-state index contributed by atoms with van der Waals surface area (Å²) in [5, 5.41) is 9.22. The average molecular weight is 231 g/mol. The highest BCUT2D eigenvalue weighted by Gasteiger charge is 2.20. The van der Waals surface area contributed by atoms with Crippen molar-refractivity contribution in [3.8, 4) is 11.5 Å². The van der Waals surface area contributed by atoms with Crippen molar-refractivity contribution in [2.24, 2.45) is 0 Å². The van der Waals surface area contributed by atoms with E-state index in [0.717, 1.165) is 31.7 Å². The molecule has 0 amide bonds. The lowest BCUT2D eigenvalue weighted by Crippen LogP contribution is -2.12. The van der Waals surface area contributed by atoms with Crippen molar-refractivity contribution in [1.29, 1.82) is 0 Å². The Labute approximate surface area is 92.6 Å². The Bertz CT molecular complexity index is 339. The van der Waals surface area contributed by atoms with Crippen molar-refractivity contribution >= 4 is 11.6 Å². The van der Waals surface area contributed by atoms with Crippen LogP contribution in [0.1, 0.15) is 25.7 Å². The first-order chi connectivity index (χ1) is 7.16. The normalized spacial score (nSPS) is 16.9. The van der Waals surface area contributed by atoms with E-state index in [2.05, 4.69) is 0 Å². The van der Waals surface area contributed by atoms with E-state index in [4.69, 9.17) is 21.4 Å². The van der Waals surface area contributed by atoms with Gasteiger partial charge in [0, 0.05) is 12.1 Å². The zero-order valence-corrected chi connectivity index (χ0v) is 8.93. The van der Waals surface area contributed by atoms with E-state index in [1.165, 1.54) is 6.07 Å². The number of phenolic OH excluding ortho intramolecular Hbond substituents is 1. The molecule has 1 aliphatic rings. The lowest BCUT2D eigenvalue weighted by molar-refractivity contribution is 0.200. The van der Waals surface area contributed by atoms with Crippen LogP contribution < -0.4 is 4.74 Å². The van der Waals surface area contributed by atoms with Crippen LogP contribution in [0.15, 0.2) is 12.1 Å². The summed E-state index contributed by atoms with van der Waals surface area (Å²) in [5.41, 5.74) is 0. The Morgan fingerprint density at radius 3 is 2.60 bits per heavy atom. The fourth-order valence-corrected chi connectivity index (χ4v) is 2.08. The molecule has 0 spiro atoms. The minimum absolute atomic E-state index is 0.0568. The van der Waals surface area contributed by atoms with Crippen molar-refractivity contribution in [2.75, 3.05) is 0 Å². The molecule has 0 aliphatic heterocycles. The molecule has 2 rings (SSSR count). The SMILES string of the molecule is Oc1cc(F)c(OC2CCCC2)c(Cl)c1. The number of rotatable bonds is 2. The van der Waals surface area contributed by atoms with E-state index >= 15 is 0 Å². The molecule has 0 saturated heterocycles. The van der Waals surface area contributed by atoms with E-state index < -0.39 is 5.82 Å². The van der Waals surface area contributed by atoms with Crippen LogP contribution in [0.25, 0.3) is 0 Å². The zero-order valence-electron chi connectivity index (χ0n) is 8.17. The topological polar surface area (TPSA) is 29.5 Å². The number of hydrogen-bond donors (Lipinski definition) is 1. The summed E-state index contributed by atoms with van der Waals surface area (Å²) in [6.45, 7) is 0. The van der Waals surface area contributed by atoms with Crippen LogP contribution in [-0.4, -0.2) is 11.2 Å². The summed E-state index contributed by atoms with van der Waals surface area (Å²) < 4.78 is 18.9. The van der Waals surface area contributed by atoms with Crippen molar-refractivity contribution in [3.63, 3.8) is 0 Å². The molecular formula is C11H12ClFO2. The lowest BCUT2D eigenvalue weighted by atomic mass is 10.3. The fraction of sp³-hybridized carbons (Fsp3) is 0.455. The molecule has 15 heavy (non-hydrogen) atoms. The summed E-state index contributed by atoms with van der Waals surface area (Å²) >= 11 is 5.79. The highest BCUT2D eigenvalue weighted by atomic mass is 35.5. The molecule has 1 N–H and O–H groups in total. The maximum Gasteiger partial charge on any atom is 0.174 e. The standard InChI is InChI=1S/C11H12ClFO2/c12-9-5-7(14)6-10(13)11(9)15-8-3-1-2-4-8/h5-6,8,14H,1-4H2. The van der Waals surface area contributed by atoms with Crippen LogP contribution >= 0.6 is 11.6 Å². The largest absolute Gasteiger partial charge is 0.508 e. The van der Waals surface area contributed by atoms with E-state index in [1.54, 1.807) is 0 Å². The third-order valence-electron chi connectivity index (χ3n) is 2.57. The van der Waals surface area contributed by atoms with Gasteiger partial charge in [0.2, 0.25) is 0 Å². The first-order valence-electron chi connectivity index (χ1n) is 5.01. The molecule has 0 bridgehead atoms. The molecule has 0 aromatic heterocycles. The Balaban J connectivity index is 2.19. The molecule has 82 valence electrons. The van der Waals surface area contributed by atoms with Crippen LogP contribution in [0, 0.1) is 5.82 Å². The van der Waals surface area contributed by atoms with Gasteiger partial charge in [0.05, 0.1) is 11.1 Å². The molecule has 0 radical (unpaired) electrons. The maximum absolute atomic E-state index is 13.4. The van der Waals surface area contributed by atoms with Crippen LogP contribution in [0.3, 0.4) is 0 Å². The summed E-state index contributed by atoms with van der Waals surface area (Å²) in [6.07, 6.45) is 4.17. The minimum atomic E-state index is -0.605. The highest BCUT2D eigenvalue weighted by Crippen LogP contribution is 2.34. The van der Waals surface area contributed by atoms with Gasteiger partial charge < -0.3 is 9.84 Å². The predicted molar refractivity (Wildman–Crippen MR) is 56.0 cm³/mol. The number of hydrogen-bond acceptors (Lipinski definition) is 2. The molecule has 1 aromatic rings. The first-order valence-corrected chi connectivity index (χ1v) is 5.39. The molecule has 0 atom stereocenters. The van der Waals surface area contributed by atoms with Crippen LogP contribution in [0.2, 0.25) is 5.02 Å². The Hall–Kier alpha value is -0.960. The van der Waals surface area contributed by atoms with Gasteiger partial charge in [0.25, 0.3) is 0 Å². The second kappa shape index (κ2) is 4.27. The van der Waals surface area contributed by atoms with Gasteiger partial charge in [0.15, 0.2) is 11.6 Å². The van der Waals surface area contributed by atoms with Gasteiger partial charge in [-0.25, -0.2) is 4.39 Å². The van der Waals surface area contributed by atoms with Crippen molar-refractivity contribution in [3.05, 3.63) is 23.0 Å². The highest BCUT2D eigenvalue weighted by molar-refractivity contribution is 6.32. The van der Waals surface area contributed by atoms with Crippen molar-refractivity contribution in [1.82, 2.24) is 0 Å². The monoisotopic (exact) mass is 230 g/mol. The van der Waals surface area contributed by atoms with Gasteiger partial charge in [-0.3, -0.25) is 0 Å². The molecule has 4 heteroatoms. The summed E-state index contributed by atoms with van der Waals surface area (Å²) in [5.74, 6) is -0.732. The molecular weight excluding hydrogens is 219 g/mol. The molecule has 1 aromatic carbocycles. The Morgan fingerprint density at radius 2 is 2.00 bits per heavy atom. The molecule has 2 nitrogen and oxygen atoms in total. The number of ether oxygens (including phenoxy) is 1. The van der Waals surface area contributed by atoms with Gasteiger partial charge >= 0.3 is 0 Å². The van der Waals surface area contributed by atoms with Crippen LogP contribution in [0.4, 0.5) is 4.39 Å². The van der Waals surface area contributed by atoms with E-state index in [0.29, 0.717) is 0 Å². The fourth-order valence-electron chi connectivity index (χ4n) is 1.83. The predicted octanol–water partition coefficient (Wildman–Crippen LogP) is 3.51. The van der Waals surface area contributed by atoms with Crippen LogP contribution in [-0.2, 0) is 0 Å². The lowest BCUT2D eigenvalue weighted by Gasteiger charge is -2.14. The summed E-state index contributed by atoms with van der Waals surface area (Å²) in [6, 6.07) is 2.30. The van der Waals surface area contributed by atoms with E-state index in [1.807, 2.05) is 0 Å². The summed E-state index contributed by atoms with van der Waals surface area (Å²) in [7, 11) is 0. The summed E-state index contributed by atoms with van der Waals surface area (Å²) in [4.78, 5) is 0. The van der Waals surface area contributed by atoms with Gasteiger partial charge in [-0.15, -0.1) is 0 Å². The molecule has 0 heterocycles. The van der Waals surface area contributed by atoms with Gasteiger partial charge in [-0.2, -0.15) is 0 Å². The Kier molecular flexibility index (Phi) is 3.00. The molecule has 0 unspecified atom stereocenters. The third-order valence-corrected chi connectivity index (χ3v) is 2.85. The zero-order chi connectivity index (χ0) is 10.8. The molecule has 1 saturated carbocycles. The van der Waals surface area contributed by atoms with E-state index in [-0.39, 0.29) is 22.6 Å². The second-order valence-corrected chi connectivity index (χ2v) is 4.17. The van der Waals surface area contributed by atoms with E-state index in [9.17, 15) is 4.39 Å². The van der Waals surface area contributed by atoms with Crippen molar-refractivity contribution < 1.29 is 14.2 Å². The number of benzene rings is 1. The average Bonchev–Trinajstić information content (AvgIpc) is 2.63. The van der Waals surface area contributed by atoms with Gasteiger partial charge in [-0.05, 0) is 25.7 Å². The number of phenols is 1. The van der Waals surface area contributed by atoms with Crippen molar-refractivity contribution in [2.45, 2.75) is 31.8 Å².